The summed E-state index contributed by atoms with van der Waals surface area (Å²) in [5.41, 5.74) is 10.4. The van der Waals surface area contributed by atoms with Crippen molar-refractivity contribution in [2.45, 2.75) is 129 Å². The number of hydrogen-bond acceptors (Lipinski definition) is 2. The molecule has 2 fully saturated rings. The molecule has 2 nitrogen and oxygen atoms in total. The fraction of sp³-hybridized carbons (Fsp3) is 0.774. The van der Waals surface area contributed by atoms with Gasteiger partial charge in [0.1, 0.15) is 0 Å². The molecule has 33 heavy (non-hydrogen) atoms. The molecule has 2 aliphatic carbocycles. The molecule has 1 atom stereocenters. The molecule has 3 rings (SSSR count). The third-order valence-corrected chi connectivity index (χ3v) is 8.55. The van der Waals surface area contributed by atoms with Gasteiger partial charge in [-0.15, -0.1) is 0 Å². The molecule has 2 saturated carbocycles. The van der Waals surface area contributed by atoms with Crippen molar-refractivity contribution in [1.29, 1.82) is 0 Å². The molecule has 0 aliphatic heterocycles. The third kappa shape index (κ3) is 9.93. The summed E-state index contributed by atoms with van der Waals surface area (Å²) in [5.74, 6) is 2.62. The average molecular weight is 453 g/mol. The monoisotopic (exact) mass is 452 g/mol. The van der Waals surface area contributed by atoms with Crippen molar-refractivity contribution < 1.29 is 0 Å². The number of benzene rings is 1. The van der Waals surface area contributed by atoms with Gasteiger partial charge in [0.05, 0.1) is 0 Å². The summed E-state index contributed by atoms with van der Waals surface area (Å²) in [6.45, 7) is 5.41. The van der Waals surface area contributed by atoms with E-state index in [1.54, 1.807) is 0 Å². The van der Waals surface area contributed by atoms with Gasteiger partial charge in [-0.05, 0) is 100 Å². The van der Waals surface area contributed by atoms with Gasteiger partial charge in [-0.3, -0.25) is 4.99 Å². The number of nitrogens with zero attached hydrogens (tertiary/aromatic N) is 1. The van der Waals surface area contributed by atoms with Gasteiger partial charge in [0, 0.05) is 11.8 Å². The van der Waals surface area contributed by atoms with E-state index < -0.39 is 0 Å². The Labute approximate surface area is 205 Å². The van der Waals surface area contributed by atoms with Crippen molar-refractivity contribution in [3.63, 3.8) is 0 Å². The van der Waals surface area contributed by atoms with Crippen molar-refractivity contribution in [2.75, 3.05) is 6.54 Å². The van der Waals surface area contributed by atoms with Crippen LogP contribution in [-0.4, -0.2) is 18.3 Å². The zero-order valence-electron chi connectivity index (χ0n) is 21.9. The molecule has 0 aromatic heterocycles. The van der Waals surface area contributed by atoms with Crippen molar-refractivity contribution in [3.8, 4) is 0 Å². The smallest absolute Gasteiger partial charge is 0.0498 e. The number of hydrogen-bond donors (Lipinski definition) is 1. The Kier molecular flexibility index (Phi) is 12.0. The van der Waals surface area contributed by atoms with E-state index in [0.29, 0.717) is 6.04 Å². The van der Waals surface area contributed by atoms with Crippen LogP contribution in [-0.2, 0) is 12.8 Å². The second kappa shape index (κ2) is 15.0. The summed E-state index contributed by atoms with van der Waals surface area (Å²) in [6.07, 6.45) is 22.8. The number of aryl methyl sites for hydroxylation is 1. The molecule has 186 valence electrons. The highest BCUT2D eigenvalue weighted by Crippen LogP contribution is 2.34. The first kappa shape index (κ1) is 26.5. The minimum atomic E-state index is 0.621. The van der Waals surface area contributed by atoms with Crippen LogP contribution < -0.4 is 5.73 Å². The maximum absolute atomic E-state index is 6.05. The number of nitrogens with two attached hydrogens (primary N) is 1. The van der Waals surface area contributed by atoms with Crippen molar-refractivity contribution >= 4 is 5.71 Å². The van der Waals surface area contributed by atoms with Gasteiger partial charge >= 0.3 is 0 Å². The SMILES string of the molecule is CCCCCC(CN)CCC1CCC(Cc2ccc(CCC(C)=NC3CCCC3)cc2)CC1. The second-order valence-electron chi connectivity index (χ2n) is 11.4. The molecular weight excluding hydrogens is 400 g/mol. The summed E-state index contributed by atoms with van der Waals surface area (Å²) in [5, 5.41) is 0. The van der Waals surface area contributed by atoms with Gasteiger partial charge in [-0.2, -0.15) is 0 Å². The van der Waals surface area contributed by atoms with Crippen LogP contribution in [0.25, 0.3) is 0 Å². The first-order valence-corrected chi connectivity index (χ1v) is 14.5. The molecule has 2 aliphatic rings. The van der Waals surface area contributed by atoms with E-state index in [2.05, 4.69) is 38.1 Å². The molecule has 1 aromatic carbocycles. The molecule has 0 saturated heterocycles. The van der Waals surface area contributed by atoms with Gasteiger partial charge in [0.2, 0.25) is 0 Å². The third-order valence-electron chi connectivity index (χ3n) is 8.55. The topological polar surface area (TPSA) is 38.4 Å². The highest BCUT2D eigenvalue weighted by molar-refractivity contribution is 5.82. The van der Waals surface area contributed by atoms with Crippen molar-refractivity contribution in [1.82, 2.24) is 0 Å². The fourth-order valence-electron chi connectivity index (χ4n) is 6.17. The van der Waals surface area contributed by atoms with Crippen LogP contribution in [0.2, 0.25) is 0 Å². The summed E-state index contributed by atoms with van der Waals surface area (Å²) in [7, 11) is 0. The van der Waals surface area contributed by atoms with Gasteiger partial charge in [-0.1, -0.05) is 82.6 Å². The highest BCUT2D eigenvalue weighted by atomic mass is 14.8. The van der Waals surface area contributed by atoms with Crippen molar-refractivity contribution in [2.24, 2.45) is 28.5 Å². The zero-order valence-corrected chi connectivity index (χ0v) is 21.9. The Morgan fingerprint density at radius 3 is 2.24 bits per heavy atom. The number of rotatable bonds is 14. The van der Waals surface area contributed by atoms with Crippen molar-refractivity contribution in [3.05, 3.63) is 35.4 Å². The largest absolute Gasteiger partial charge is 0.330 e. The fourth-order valence-corrected chi connectivity index (χ4v) is 6.17. The normalized spacial score (nSPS) is 23.2. The summed E-state index contributed by atoms with van der Waals surface area (Å²) < 4.78 is 0. The lowest BCUT2D eigenvalue weighted by Crippen LogP contribution is -2.19. The van der Waals surface area contributed by atoms with Crippen LogP contribution in [0.1, 0.15) is 121 Å². The summed E-state index contributed by atoms with van der Waals surface area (Å²) in [6, 6.07) is 10.2. The molecule has 0 bridgehead atoms. The Morgan fingerprint density at radius 2 is 1.58 bits per heavy atom. The Balaban J connectivity index is 1.32. The first-order chi connectivity index (χ1) is 16.2. The lowest BCUT2D eigenvalue weighted by atomic mass is 9.76. The molecule has 1 aromatic rings. The molecule has 1 unspecified atom stereocenters. The summed E-state index contributed by atoms with van der Waals surface area (Å²) >= 11 is 0. The number of unbranched alkanes of at least 4 members (excludes halogenated alkanes) is 2. The lowest BCUT2D eigenvalue weighted by molar-refractivity contribution is 0.245. The van der Waals surface area contributed by atoms with Crippen LogP contribution in [0.5, 0.6) is 0 Å². The summed E-state index contributed by atoms with van der Waals surface area (Å²) in [4.78, 5) is 4.95. The molecule has 0 radical (unpaired) electrons. The maximum atomic E-state index is 6.05. The van der Waals surface area contributed by atoms with Crippen LogP contribution in [0.15, 0.2) is 29.3 Å². The minimum absolute atomic E-state index is 0.621. The molecule has 0 amide bonds. The van der Waals surface area contributed by atoms with E-state index in [4.69, 9.17) is 10.7 Å². The van der Waals surface area contributed by atoms with Crippen LogP contribution in [0, 0.1) is 17.8 Å². The Morgan fingerprint density at radius 1 is 0.909 bits per heavy atom. The van der Waals surface area contributed by atoms with E-state index in [0.717, 1.165) is 37.1 Å². The standard InChI is InChI=1S/C31H52N2/c1-3-4-5-8-30(24-32)22-17-27-15-20-29(21-16-27)23-28-18-13-26(14-19-28)12-11-25(2)33-31-9-6-7-10-31/h13-14,18-19,27,29-31H,3-12,15-17,20-24,32H2,1-2H3. The Hall–Kier alpha value is -1.15. The van der Waals surface area contributed by atoms with Gasteiger partial charge in [0.25, 0.3) is 0 Å². The Bertz CT molecular complexity index is 663. The molecule has 0 heterocycles. The van der Waals surface area contributed by atoms with Crippen LogP contribution in [0.3, 0.4) is 0 Å². The molecule has 2 N–H and O–H groups in total. The number of aliphatic imine (C=N–C) groups is 1. The highest BCUT2D eigenvalue weighted by Gasteiger charge is 2.22. The van der Waals surface area contributed by atoms with Gasteiger partial charge < -0.3 is 5.73 Å². The van der Waals surface area contributed by atoms with E-state index >= 15 is 0 Å². The minimum Gasteiger partial charge on any atom is -0.330 e. The average Bonchev–Trinajstić information content (AvgIpc) is 3.35. The molecule has 0 spiro atoms. The quantitative estimate of drug-likeness (QED) is 0.224. The van der Waals surface area contributed by atoms with Gasteiger partial charge in [0.15, 0.2) is 0 Å². The zero-order chi connectivity index (χ0) is 23.3. The lowest BCUT2D eigenvalue weighted by Gasteiger charge is -2.29. The second-order valence-corrected chi connectivity index (χ2v) is 11.4. The predicted octanol–water partition coefficient (Wildman–Crippen LogP) is 8.31. The molecular formula is C31H52N2. The van der Waals surface area contributed by atoms with E-state index in [1.165, 1.54) is 113 Å². The van der Waals surface area contributed by atoms with E-state index in [9.17, 15) is 0 Å². The van der Waals surface area contributed by atoms with Crippen LogP contribution in [0.4, 0.5) is 0 Å². The predicted molar refractivity (Wildman–Crippen MR) is 145 cm³/mol. The van der Waals surface area contributed by atoms with E-state index in [1.807, 2.05) is 0 Å². The van der Waals surface area contributed by atoms with E-state index in [-0.39, 0.29) is 0 Å². The first-order valence-electron chi connectivity index (χ1n) is 14.5. The van der Waals surface area contributed by atoms with Gasteiger partial charge in [-0.25, -0.2) is 0 Å². The maximum Gasteiger partial charge on any atom is 0.0498 e. The molecule has 2 heteroatoms. The van der Waals surface area contributed by atoms with Crippen LogP contribution >= 0.6 is 0 Å².